The SMILES string of the molecule is CC1(C(=O)N2CCC(C)(n3cc(Cc4ccc5c6c(cccc46)C(=O)N5)c(Cl)n3)CC2)CCC1. The molecule has 6 rings (SSSR count). The summed E-state index contributed by atoms with van der Waals surface area (Å²) in [5.41, 5.74) is 3.37. The number of rotatable bonds is 4. The van der Waals surface area contributed by atoms with E-state index in [0.717, 1.165) is 78.3 Å². The molecule has 1 saturated carbocycles. The number of aromatic nitrogens is 2. The molecule has 6 nitrogen and oxygen atoms in total. The Morgan fingerprint density at radius 1 is 1.09 bits per heavy atom. The van der Waals surface area contributed by atoms with Crippen LogP contribution in [0.1, 0.15) is 67.4 Å². The average molecular weight is 477 g/mol. The summed E-state index contributed by atoms with van der Waals surface area (Å²) < 4.78 is 2.02. The molecule has 7 heteroatoms. The normalized spacial score (nSPS) is 20.3. The highest BCUT2D eigenvalue weighted by molar-refractivity contribution is 6.30. The number of anilines is 1. The van der Waals surface area contributed by atoms with E-state index in [-0.39, 0.29) is 16.9 Å². The number of nitrogens with zero attached hydrogens (tertiary/aromatic N) is 3. The fourth-order valence-corrected chi connectivity index (χ4v) is 6.01. The van der Waals surface area contributed by atoms with Crippen LogP contribution in [-0.4, -0.2) is 39.6 Å². The van der Waals surface area contributed by atoms with Crippen LogP contribution in [-0.2, 0) is 16.8 Å². The Bertz CT molecular complexity index is 1330. The first-order valence-electron chi connectivity index (χ1n) is 12.2. The second-order valence-electron chi connectivity index (χ2n) is 10.7. The van der Waals surface area contributed by atoms with Gasteiger partial charge in [0.2, 0.25) is 5.91 Å². The average Bonchev–Trinajstić information content (AvgIpc) is 3.35. The van der Waals surface area contributed by atoms with E-state index in [1.807, 2.05) is 22.9 Å². The van der Waals surface area contributed by atoms with Crippen LogP contribution in [0.3, 0.4) is 0 Å². The molecule has 3 aromatic rings. The Morgan fingerprint density at radius 3 is 2.56 bits per heavy atom. The van der Waals surface area contributed by atoms with Gasteiger partial charge in [-0.25, -0.2) is 0 Å². The highest BCUT2D eigenvalue weighted by Gasteiger charge is 2.44. The molecule has 2 amide bonds. The molecule has 0 spiro atoms. The molecule has 2 aliphatic heterocycles. The maximum absolute atomic E-state index is 12.9. The topological polar surface area (TPSA) is 67.2 Å². The Morgan fingerprint density at radius 2 is 1.85 bits per heavy atom. The minimum Gasteiger partial charge on any atom is -0.342 e. The van der Waals surface area contributed by atoms with Crippen LogP contribution in [0.15, 0.2) is 36.5 Å². The van der Waals surface area contributed by atoms with E-state index in [4.69, 9.17) is 16.7 Å². The standard InChI is InChI=1S/C27H29ClN4O2/c1-26(9-4-10-26)25(34)31-13-11-27(2,12-14-31)32-16-18(23(28)30-32)15-17-7-8-21-22-19(17)5-3-6-20(22)24(33)29-21/h3,5-8,16H,4,9-15H2,1-2H3,(H,29,33). The highest BCUT2D eigenvalue weighted by atomic mass is 35.5. The number of hydrogen-bond donors (Lipinski definition) is 1. The fraction of sp³-hybridized carbons (Fsp3) is 0.444. The van der Waals surface area contributed by atoms with Gasteiger partial charge >= 0.3 is 0 Å². The van der Waals surface area contributed by atoms with Crippen molar-refractivity contribution < 1.29 is 9.59 Å². The predicted molar refractivity (Wildman–Crippen MR) is 133 cm³/mol. The van der Waals surface area contributed by atoms with Crippen molar-refractivity contribution in [2.75, 3.05) is 18.4 Å². The number of nitrogens with one attached hydrogen (secondary N) is 1. The molecule has 2 fully saturated rings. The molecule has 1 N–H and O–H groups in total. The Labute approximate surface area is 204 Å². The lowest BCUT2D eigenvalue weighted by Gasteiger charge is -2.45. The molecule has 1 aromatic heterocycles. The van der Waals surface area contributed by atoms with E-state index >= 15 is 0 Å². The van der Waals surface area contributed by atoms with Gasteiger partial charge in [-0.1, -0.05) is 43.1 Å². The molecule has 0 bridgehead atoms. The van der Waals surface area contributed by atoms with E-state index in [2.05, 4.69) is 42.4 Å². The summed E-state index contributed by atoms with van der Waals surface area (Å²) >= 11 is 6.63. The number of hydrogen-bond acceptors (Lipinski definition) is 3. The molecule has 0 radical (unpaired) electrons. The summed E-state index contributed by atoms with van der Waals surface area (Å²) in [5, 5.41) is 10.2. The summed E-state index contributed by atoms with van der Waals surface area (Å²) in [4.78, 5) is 27.3. The molecule has 3 aliphatic rings. The molecule has 3 heterocycles. The van der Waals surface area contributed by atoms with Crippen molar-refractivity contribution >= 4 is 39.9 Å². The zero-order valence-corrected chi connectivity index (χ0v) is 20.4. The smallest absolute Gasteiger partial charge is 0.256 e. The first-order chi connectivity index (χ1) is 16.3. The van der Waals surface area contributed by atoms with E-state index in [9.17, 15) is 9.59 Å². The van der Waals surface area contributed by atoms with Gasteiger partial charge in [-0.15, -0.1) is 0 Å². The van der Waals surface area contributed by atoms with Gasteiger partial charge in [0.05, 0.1) is 5.54 Å². The Balaban J connectivity index is 1.23. The van der Waals surface area contributed by atoms with Gasteiger partial charge in [0, 0.05) is 53.3 Å². The molecule has 0 atom stereocenters. The Hall–Kier alpha value is -2.86. The van der Waals surface area contributed by atoms with Gasteiger partial charge in [-0.3, -0.25) is 14.3 Å². The summed E-state index contributed by atoms with van der Waals surface area (Å²) in [6.07, 6.45) is 7.63. The van der Waals surface area contributed by atoms with Crippen LogP contribution in [0, 0.1) is 5.41 Å². The van der Waals surface area contributed by atoms with E-state index < -0.39 is 0 Å². The first-order valence-corrected chi connectivity index (χ1v) is 12.6. The van der Waals surface area contributed by atoms with Gasteiger partial charge in [0.25, 0.3) is 5.91 Å². The van der Waals surface area contributed by atoms with Crippen molar-refractivity contribution in [2.45, 2.75) is 57.9 Å². The van der Waals surface area contributed by atoms with Gasteiger partial charge in [0.15, 0.2) is 5.15 Å². The van der Waals surface area contributed by atoms with Crippen molar-refractivity contribution in [3.63, 3.8) is 0 Å². The second-order valence-corrected chi connectivity index (χ2v) is 11.1. The third kappa shape index (κ3) is 3.26. The number of amides is 2. The molecular formula is C27H29ClN4O2. The highest BCUT2D eigenvalue weighted by Crippen LogP contribution is 2.43. The van der Waals surface area contributed by atoms with E-state index in [0.29, 0.717) is 17.5 Å². The maximum atomic E-state index is 12.9. The van der Waals surface area contributed by atoms with Crippen LogP contribution < -0.4 is 5.32 Å². The number of likely N-dealkylation sites (tertiary alicyclic amines) is 1. The van der Waals surface area contributed by atoms with E-state index in [1.54, 1.807) is 0 Å². The number of carbonyl (C=O) groups is 2. The molecule has 2 aromatic carbocycles. The van der Waals surface area contributed by atoms with Crippen LogP contribution in [0.4, 0.5) is 5.69 Å². The summed E-state index contributed by atoms with van der Waals surface area (Å²) in [5.74, 6) is 0.271. The molecule has 1 saturated heterocycles. The van der Waals surface area contributed by atoms with Crippen LogP contribution >= 0.6 is 11.6 Å². The molecule has 34 heavy (non-hydrogen) atoms. The van der Waals surface area contributed by atoms with Gasteiger partial charge in [0.1, 0.15) is 0 Å². The third-order valence-electron chi connectivity index (χ3n) is 8.40. The summed E-state index contributed by atoms with van der Waals surface area (Å²) in [6, 6.07) is 9.90. The summed E-state index contributed by atoms with van der Waals surface area (Å²) in [7, 11) is 0. The number of halogens is 1. The van der Waals surface area contributed by atoms with Gasteiger partial charge < -0.3 is 10.2 Å². The minimum absolute atomic E-state index is 0.0485. The van der Waals surface area contributed by atoms with Crippen molar-refractivity contribution in [1.82, 2.24) is 14.7 Å². The van der Waals surface area contributed by atoms with Crippen molar-refractivity contribution in [3.05, 3.63) is 58.4 Å². The van der Waals surface area contributed by atoms with Crippen molar-refractivity contribution in [1.29, 1.82) is 0 Å². The first kappa shape index (κ1) is 21.7. The largest absolute Gasteiger partial charge is 0.342 e. The predicted octanol–water partition coefficient (Wildman–Crippen LogP) is 5.37. The Kier molecular flexibility index (Phi) is 4.82. The third-order valence-corrected chi connectivity index (χ3v) is 8.72. The summed E-state index contributed by atoms with van der Waals surface area (Å²) in [6.45, 7) is 5.84. The number of carbonyl (C=O) groups excluding carboxylic acids is 2. The number of piperidine rings is 1. The van der Waals surface area contributed by atoms with E-state index in [1.165, 1.54) is 0 Å². The van der Waals surface area contributed by atoms with Gasteiger partial charge in [-0.05, 0) is 55.7 Å². The monoisotopic (exact) mass is 476 g/mol. The lowest BCUT2D eigenvalue weighted by molar-refractivity contribution is -0.148. The van der Waals surface area contributed by atoms with Crippen LogP contribution in [0.2, 0.25) is 5.15 Å². The molecule has 176 valence electrons. The van der Waals surface area contributed by atoms with Crippen LogP contribution in [0.25, 0.3) is 10.8 Å². The zero-order valence-electron chi connectivity index (χ0n) is 19.7. The minimum atomic E-state index is -0.169. The van der Waals surface area contributed by atoms with Gasteiger partial charge in [-0.2, -0.15) is 5.10 Å². The van der Waals surface area contributed by atoms with Crippen LogP contribution in [0.5, 0.6) is 0 Å². The zero-order chi connectivity index (χ0) is 23.7. The fourth-order valence-electron chi connectivity index (χ4n) is 5.82. The lowest BCUT2D eigenvalue weighted by atomic mass is 9.69. The quantitative estimate of drug-likeness (QED) is 0.550. The maximum Gasteiger partial charge on any atom is 0.256 e. The number of benzene rings is 2. The van der Waals surface area contributed by atoms with Crippen molar-refractivity contribution in [2.24, 2.45) is 5.41 Å². The lowest BCUT2D eigenvalue weighted by Crippen LogP contribution is -2.52. The molecular weight excluding hydrogens is 448 g/mol. The van der Waals surface area contributed by atoms with Crippen molar-refractivity contribution in [3.8, 4) is 0 Å². The molecule has 0 unspecified atom stereocenters. The molecule has 1 aliphatic carbocycles. The second kappa shape index (κ2) is 7.57.